The van der Waals surface area contributed by atoms with Crippen molar-refractivity contribution in [3.8, 4) is 0 Å². The van der Waals surface area contributed by atoms with E-state index in [0.29, 0.717) is 13.1 Å². The second kappa shape index (κ2) is 8.78. The van der Waals surface area contributed by atoms with Gasteiger partial charge in [0.25, 0.3) is 0 Å². The Morgan fingerprint density at radius 2 is 1.72 bits per heavy atom. The molecule has 0 unspecified atom stereocenters. The summed E-state index contributed by atoms with van der Waals surface area (Å²) >= 11 is 0. The van der Waals surface area contributed by atoms with Gasteiger partial charge in [0.15, 0.2) is 0 Å². The van der Waals surface area contributed by atoms with E-state index >= 15 is 0 Å². The number of rotatable bonds is 7. The molecule has 1 heterocycles. The molecule has 25 heavy (non-hydrogen) atoms. The summed E-state index contributed by atoms with van der Waals surface area (Å²) in [4.78, 5) is 16.6. The van der Waals surface area contributed by atoms with Crippen LogP contribution in [0.25, 0.3) is 0 Å². The molecule has 1 aromatic rings. The Morgan fingerprint density at radius 3 is 2.24 bits per heavy atom. The zero-order valence-electron chi connectivity index (χ0n) is 15.4. The second-order valence-corrected chi connectivity index (χ2v) is 8.80. The van der Waals surface area contributed by atoms with Gasteiger partial charge in [-0.1, -0.05) is 30.3 Å². The van der Waals surface area contributed by atoms with Gasteiger partial charge in [-0.05, 0) is 19.4 Å². The average Bonchev–Trinajstić information content (AvgIpc) is 2.55. The summed E-state index contributed by atoms with van der Waals surface area (Å²) in [5.74, 6) is 0.0358. The highest BCUT2D eigenvalue weighted by Crippen LogP contribution is 2.11. The molecule has 0 saturated carbocycles. The van der Waals surface area contributed by atoms with Crippen LogP contribution in [0.3, 0.4) is 0 Å². The van der Waals surface area contributed by atoms with E-state index in [-0.39, 0.29) is 24.9 Å². The third-order valence-electron chi connectivity index (χ3n) is 4.52. The number of benzene rings is 1. The third kappa shape index (κ3) is 6.09. The lowest BCUT2D eigenvalue weighted by Gasteiger charge is -2.35. The number of hydrogen-bond acceptors (Lipinski definition) is 4. The Bertz CT molecular complexity index is 653. The van der Waals surface area contributed by atoms with Crippen LogP contribution in [-0.4, -0.2) is 73.5 Å². The van der Waals surface area contributed by atoms with Crippen molar-refractivity contribution in [1.29, 1.82) is 0 Å². The van der Waals surface area contributed by atoms with Crippen LogP contribution in [-0.2, 0) is 21.4 Å². The smallest absolute Gasteiger partial charge is 0.223 e. The Labute approximate surface area is 151 Å². The molecule has 0 radical (unpaired) electrons. The van der Waals surface area contributed by atoms with Crippen LogP contribution in [0.4, 0.5) is 0 Å². The number of piperazine rings is 1. The van der Waals surface area contributed by atoms with E-state index in [1.165, 1.54) is 16.1 Å². The summed E-state index contributed by atoms with van der Waals surface area (Å²) in [7, 11) is -3.28. The van der Waals surface area contributed by atoms with E-state index in [9.17, 15) is 13.2 Å². The first kappa shape index (κ1) is 19.9. The van der Waals surface area contributed by atoms with Crippen molar-refractivity contribution in [2.75, 3.05) is 39.0 Å². The Morgan fingerprint density at radius 1 is 1.12 bits per heavy atom. The largest absolute Gasteiger partial charge is 0.340 e. The normalized spacial score (nSPS) is 16.6. The standard InChI is InChI=1S/C18H29N3O3S/c1-16(2)21(25(3,23)24)10-9-18(22)20-13-11-19(12-14-20)15-17-7-5-4-6-8-17/h4-8,16H,9-15H2,1-3H3. The van der Waals surface area contributed by atoms with Gasteiger partial charge in [-0.2, -0.15) is 4.31 Å². The first-order chi connectivity index (χ1) is 11.8. The van der Waals surface area contributed by atoms with Crippen LogP contribution in [0.15, 0.2) is 30.3 Å². The molecule has 1 fully saturated rings. The molecule has 1 aliphatic rings. The van der Waals surface area contributed by atoms with Crippen LogP contribution in [0.1, 0.15) is 25.8 Å². The molecule has 0 atom stereocenters. The van der Waals surface area contributed by atoms with Gasteiger partial charge in [0.05, 0.1) is 6.26 Å². The van der Waals surface area contributed by atoms with Crippen molar-refractivity contribution in [3.05, 3.63) is 35.9 Å². The molecular weight excluding hydrogens is 338 g/mol. The molecule has 7 heteroatoms. The van der Waals surface area contributed by atoms with Crippen molar-refractivity contribution in [2.24, 2.45) is 0 Å². The summed E-state index contributed by atoms with van der Waals surface area (Å²) in [6.45, 7) is 7.90. The highest BCUT2D eigenvalue weighted by molar-refractivity contribution is 7.88. The predicted molar refractivity (Wildman–Crippen MR) is 99.6 cm³/mol. The summed E-state index contributed by atoms with van der Waals surface area (Å²) in [6.07, 6.45) is 1.43. The molecule has 0 aromatic heterocycles. The van der Waals surface area contributed by atoms with Gasteiger partial charge < -0.3 is 4.90 Å². The fraction of sp³-hybridized carbons (Fsp3) is 0.611. The van der Waals surface area contributed by atoms with Gasteiger partial charge in [-0.25, -0.2) is 8.42 Å². The molecule has 1 amide bonds. The molecular formula is C18H29N3O3S. The third-order valence-corrected chi connectivity index (χ3v) is 5.98. The van der Waals surface area contributed by atoms with Gasteiger partial charge in [0, 0.05) is 51.7 Å². The van der Waals surface area contributed by atoms with E-state index in [1.54, 1.807) is 0 Å². The Kier molecular flexibility index (Phi) is 6.98. The van der Waals surface area contributed by atoms with Crippen LogP contribution in [0, 0.1) is 0 Å². The molecule has 1 saturated heterocycles. The Hall–Kier alpha value is -1.44. The Balaban J connectivity index is 1.79. The van der Waals surface area contributed by atoms with Gasteiger partial charge in [0.1, 0.15) is 0 Å². The minimum Gasteiger partial charge on any atom is -0.340 e. The molecule has 0 bridgehead atoms. The van der Waals surface area contributed by atoms with Crippen molar-refractivity contribution in [2.45, 2.75) is 32.9 Å². The van der Waals surface area contributed by atoms with E-state index in [2.05, 4.69) is 17.0 Å². The first-order valence-corrected chi connectivity index (χ1v) is 10.6. The minimum absolute atomic E-state index is 0.0358. The maximum absolute atomic E-state index is 12.4. The summed E-state index contributed by atoms with van der Waals surface area (Å²) < 4.78 is 24.9. The zero-order valence-corrected chi connectivity index (χ0v) is 16.2. The molecule has 1 aliphatic heterocycles. The maximum Gasteiger partial charge on any atom is 0.223 e. The molecule has 2 rings (SSSR count). The van der Waals surface area contributed by atoms with Gasteiger partial charge in [-0.15, -0.1) is 0 Å². The number of hydrogen-bond donors (Lipinski definition) is 0. The van der Waals surface area contributed by atoms with E-state index in [1.807, 2.05) is 36.9 Å². The molecule has 1 aromatic carbocycles. The quantitative estimate of drug-likeness (QED) is 0.731. The van der Waals surface area contributed by atoms with Crippen LogP contribution in [0.2, 0.25) is 0 Å². The fourth-order valence-electron chi connectivity index (χ4n) is 3.17. The molecule has 0 aliphatic carbocycles. The lowest BCUT2D eigenvalue weighted by molar-refractivity contribution is -0.133. The van der Waals surface area contributed by atoms with Crippen molar-refractivity contribution in [1.82, 2.24) is 14.1 Å². The lowest BCUT2D eigenvalue weighted by atomic mass is 10.2. The van der Waals surface area contributed by atoms with Crippen molar-refractivity contribution >= 4 is 15.9 Å². The maximum atomic E-state index is 12.4. The highest BCUT2D eigenvalue weighted by Gasteiger charge is 2.24. The predicted octanol–water partition coefficient (Wildman–Crippen LogP) is 1.39. The van der Waals surface area contributed by atoms with Gasteiger partial charge in [-0.3, -0.25) is 9.69 Å². The number of nitrogens with zero attached hydrogens (tertiary/aromatic N) is 3. The highest BCUT2D eigenvalue weighted by atomic mass is 32.2. The van der Waals surface area contributed by atoms with Crippen LogP contribution < -0.4 is 0 Å². The van der Waals surface area contributed by atoms with E-state index < -0.39 is 10.0 Å². The average molecular weight is 368 g/mol. The zero-order chi connectivity index (χ0) is 18.4. The molecule has 0 spiro atoms. The van der Waals surface area contributed by atoms with Gasteiger partial charge in [0.2, 0.25) is 15.9 Å². The first-order valence-electron chi connectivity index (χ1n) is 8.78. The summed E-state index contributed by atoms with van der Waals surface area (Å²) in [6, 6.07) is 10.2. The van der Waals surface area contributed by atoms with Crippen molar-refractivity contribution < 1.29 is 13.2 Å². The topological polar surface area (TPSA) is 60.9 Å². The minimum atomic E-state index is -3.28. The second-order valence-electron chi connectivity index (χ2n) is 6.86. The molecule has 140 valence electrons. The monoisotopic (exact) mass is 367 g/mol. The van der Waals surface area contributed by atoms with Gasteiger partial charge >= 0.3 is 0 Å². The van der Waals surface area contributed by atoms with E-state index in [0.717, 1.165) is 19.6 Å². The number of amides is 1. The lowest BCUT2D eigenvalue weighted by Crippen LogP contribution is -2.49. The number of sulfonamides is 1. The van der Waals surface area contributed by atoms with Crippen LogP contribution in [0.5, 0.6) is 0 Å². The summed E-state index contributed by atoms with van der Waals surface area (Å²) in [5, 5.41) is 0. The van der Waals surface area contributed by atoms with Crippen LogP contribution >= 0.6 is 0 Å². The summed E-state index contributed by atoms with van der Waals surface area (Å²) in [5.41, 5.74) is 1.28. The van der Waals surface area contributed by atoms with Crippen molar-refractivity contribution in [3.63, 3.8) is 0 Å². The number of carbonyl (C=O) groups excluding carboxylic acids is 1. The SMILES string of the molecule is CC(C)N(CCC(=O)N1CCN(Cc2ccccc2)CC1)S(C)(=O)=O. The van der Waals surface area contributed by atoms with E-state index in [4.69, 9.17) is 0 Å². The number of carbonyl (C=O) groups is 1. The molecule has 6 nitrogen and oxygen atoms in total. The molecule has 0 N–H and O–H groups in total. The fourth-order valence-corrected chi connectivity index (χ4v) is 4.36.